The van der Waals surface area contributed by atoms with Crippen LogP contribution in [0.5, 0.6) is 0 Å². The molecular formula is H3LiO4SV. The van der Waals surface area contributed by atoms with Gasteiger partial charge in [-0.15, -0.1) is 0 Å². The minimum absolute atomic E-state index is 0. The Hall–Kier alpha value is 1.05. The van der Waals surface area contributed by atoms with Gasteiger partial charge in [0.15, 0.2) is 0 Å². The van der Waals surface area contributed by atoms with Crippen LogP contribution in [-0.4, -0.2) is 17.5 Å². The van der Waals surface area contributed by atoms with Gasteiger partial charge in [-0.3, -0.25) is 9.11 Å². The molecule has 0 bridgehead atoms. The van der Waals surface area contributed by atoms with E-state index in [0.29, 0.717) is 0 Å². The third-order valence-corrected chi connectivity index (χ3v) is 0. The average molecular weight is 157 g/mol. The molecule has 39 valence electrons. The Balaban J connectivity index is -0.0000000267. The van der Waals surface area contributed by atoms with Crippen LogP contribution >= 0.6 is 0 Å². The van der Waals surface area contributed by atoms with Crippen molar-refractivity contribution in [3.8, 4) is 0 Å². The molecule has 0 aromatic rings. The van der Waals surface area contributed by atoms with Crippen LogP contribution in [-0.2, 0) is 29.0 Å². The van der Waals surface area contributed by atoms with Gasteiger partial charge < -0.3 is 1.43 Å². The summed E-state index contributed by atoms with van der Waals surface area (Å²) >= 11 is 0. The molecule has 0 amide bonds. The quantitative estimate of drug-likeness (QED) is 0.282. The van der Waals surface area contributed by atoms with Gasteiger partial charge in [0.05, 0.1) is 0 Å². The molecule has 7 heavy (non-hydrogen) atoms. The van der Waals surface area contributed by atoms with Crippen molar-refractivity contribution in [3.05, 3.63) is 0 Å². The topological polar surface area (TPSA) is 74.6 Å². The molecule has 4 nitrogen and oxygen atoms in total. The summed E-state index contributed by atoms with van der Waals surface area (Å²) in [4.78, 5) is 0. The van der Waals surface area contributed by atoms with E-state index in [-0.39, 0.29) is 38.8 Å². The molecule has 0 saturated heterocycles. The maximum atomic E-state index is 8.74. The molecule has 0 heterocycles. The number of hydrogen-bond acceptors (Lipinski definition) is 2. The second-order valence-corrected chi connectivity index (χ2v) is 1.34. The first kappa shape index (κ1) is 15.7. The van der Waals surface area contributed by atoms with Gasteiger partial charge in [0.1, 0.15) is 0 Å². The molecule has 0 aliphatic heterocycles. The fourth-order valence-corrected chi connectivity index (χ4v) is 0. The summed E-state index contributed by atoms with van der Waals surface area (Å²) in [6.07, 6.45) is 0. The summed E-state index contributed by atoms with van der Waals surface area (Å²) in [7, 11) is -4.67. The Kier molecular flexibility index (Phi) is 11.6. The fourth-order valence-electron chi connectivity index (χ4n) is 0. The Bertz CT molecular complexity index is 99.2. The van der Waals surface area contributed by atoms with Gasteiger partial charge in [0.25, 0.3) is 0 Å². The maximum absolute atomic E-state index is 8.74. The summed E-state index contributed by atoms with van der Waals surface area (Å²) < 4.78 is 31.6. The smallest absolute Gasteiger partial charge is 1.00 e. The van der Waals surface area contributed by atoms with Crippen molar-refractivity contribution < 1.29 is 56.4 Å². The van der Waals surface area contributed by atoms with Crippen LogP contribution in [0.1, 0.15) is 1.43 Å². The standard InChI is InChI=1S/Li.H2O4S.V.H/c;1-5(2,3)4;;/h;(H2,1,2,3,4);;/q+1;;;-1. The Morgan fingerprint density at radius 2 is 1.29 bits per heavy atom. The third-order valence-electron chi connectivity index (χ3n) is 0. The molecule has 0 aliphatic rings. The Morgan fingerprint density at radius 1 is 1.29 bits per heavy atom. The van der Waals surface area contributed by atoms with E-state index in [9.17, 15) is 0 Å². The van der Waals surface area contributed by atoms with Gasteiger partial charge in [0.2, 0.25) is 0 Å². The normalized spacial score (nSPS) is 8.29. The molecule has 0 aliphatic carbocycles. The molecule has 0 rings (SSSR count). The molecule has 0 fully saturated rings. The molecule has 0 aromatic carbocycles. The summed E-state index contributed by atoms with van der Waals surface area (Å²) in [5.74, 6) is 0. The molecule has 0 aromatic heterocycles. The van der Waals surface area contributed by atoms with Gasteiger partial charge >= 0.3 is 29.3 Å². The van der Waals surface area contributed by atoms with E-state index >= 15 is 0 Å². The van der Waals surface area contributed by atoms with E-state index in [1.807, 2.05) is 0 Å². The van der Waals surface area contributed by atoms with Crippen LogP contribution < -0.4 is 18.9 Å². The Labute approximate surface area is 66.8 Å². The fraction of sp³-hybridized carbons (Fsp3) is 0. The summed E-state index contributed by atoms with van der Waals surface area (Å²) in [5.41, 5.74) is 0. The van der Waals surface area contributed by atoms with Crippen molar-refractivity contribution in [1.29, 1.82) is 0 Å². The third kappa shape index (κ3) is 163. The van der Waals surface area contributed by atoms with Crippen molar-refractivity contribution in [3.63, 3.8) is 0 Å². The predicted molar refractivity (Wildman–Crippen MR) is 15.3 cm³/mol. The average Bonchev–Trinajstić information content (AvgIpc) is 0.722. The molecule has 0 atom stereocenters. The largest absolute Gasteiger partial charge is 1.00 e. The van der Waals surface area contributed by atoms with Crippen molar-refractivity contribution in [1.82, 2.24) is 0 Å². The molecule has 0 unspecified atom stereocenters. The predicted octanol–water partition coefficient (Wildman–Crippen LogP) is -3.54. The molecule has 2 N–H and O–H groups in total. The summed E-state index contributed by atoms with van der Waals surface area (Å²) in [5, 5.41) is 0. The second-order valence-electron chi connectivity index (χ2n) is 0.448. The molecule has 0 saturated carbocycles. The molecule has 0 spiro atoms. The van der Waals surface area contributed by atoms with E-state index in [1.165, 1.54) is 0 Å². The maximum Gasteiger partial charge on any atom is 1.00 e. The zero-order valence-corrected chi connectivity index (χ0v) is 5.78. The van der Waals surface area contributed by atoms with E-state index < -0.39 is 10.4 Å². The summed E-state index contributed by atoms with van der Waals surface area (Å²) in [6, 6.07) is 0. The van der Waals surface area contributed by atoms with Crippen LogP contribution in [0.25, 0.3) is 0 Å². The Morgan fingerprint density at radius 3 is 1.29 bits per heavy atom. The van der Waals surface area contributed by atoms with Gasteiger partial charge in [-0.25, -0.2) is 0 Å². The minimum atomic E-state index is -4.67. The number of rotatable bonds is 0. The van der Waals surface area contributed by atoms with Crippen molar-refractivity contribution in [2.75, 3.05) is 0 Å². The van der Waals surface area contributed by atoms with Gasteiger partial charge in [-0.05, 0) is 0 Å². The molecular weight excluding hydrogens is 154 g/mol. The van der Waals surface area contributed by atoms with Gasteiger partial charge in [0, 0.05) is 18.6 Å². The van der Waals surface area contributed by atoms with Crippen molar-refractivity contribution >= 4 is 10.4 Å². The first-order valence-electron chi connectivity index (χ1n) is 0.698. The van der Waals surface area contributed by atoms with E-state index in [0.717, 1.165) is 0 Å². The minimum Gasteiger partial charge on any atom is -1.00 e. The zero-order valence-electron chi connectivity index (χ0n) is 4.57. The van der Waals surface area contributed by atoms with Crippen LogP contribution in [0, 0.1) is 0 Å². The van der Waals surface area contributed by atoms with Crippen LogP contribution in [0.15, 0.2) is 0 Å². The molecule has 1 radical (unpaired) electrons. The van der Waals surface area contributed by atoms with Crippen molar-refractivity contribution in [2.45, 2.75) is 0 Å². The van der Waals surface area contributed by atoms with Gasteiger partial charge in [-0.1, -0.05) is 0 Å². The van der Waals surface area contributed by atoms with Crippen LogP contribution in [0.4, 0.5) is 0 Å². The first-order chi connectivity index (χ1) is 2.00. The first-order valence-corrected chi connectivity index (χ1v) is 2.10. The molecule has 7 heteroatoms. The van der Waals surface area contributed by atoms with Crippen LogP contribution in [0.2, 0.25) is 0 Å². The second kappa shape index (κ2) is 5.19. The number of hydrogen-bond donors (Lipinski definition) is 2. The zero-order chi connectivity index (χ0) is 4.50. The van der Waals surface area contributed by atoms with E-state index in [2.05, 4.69) is 0 Å². The SMILES string of the molecule is O=S(=O)(O)O.[H-].[Li+].[V]. The van der Waals surface area contributed by atoms with Crippen LogP contribution in [0.3, 0.4) is 0 Å². The van der Waals surface area contributed by atoms with Crippen molar-refractivity contribution in [2.24, 2.45) is 0 Å². The monoisotopic (exact) mass is 157 g/mol. The van der Waals surface area contributed by atoms with Gasteiger partial charge in [-0.2, -0.15) is 8.42 Å². The van der Waals surface area contributed by atoms with E-state index in [4.69, 9.17) is 17.5 Å². The summed E-state index contributed by atoms with van der Waals surface area (Å²) in [6.45, 7) is 0. The van der Waals surface area contributed by atoms with E-state index in [1.54, 1.807) is 0 Å².